The zero-order valence-corrected chi connectivity index (χ0v) is 17.9. The maximum atomic E-state index is 14.2. The molecule has 4 atom stereocenters. The number of ether oxygens (including phenoxy) is 1. The van der Waals surface area contributed by atoms with Gasteiger partial charge in [-0.15, -0.1) is 0 Å². The molecule has 5 heteroatoms. The molecule has 4 rings (SSSR count). The molecule has 3 fully saturated rings. The normalized spacial score (nSPS) is 34.6. The van der Waals surface area contributed by atoms with Gasteiger partial charge in [0.25, 0.3) is 0 Å². The van der Waals surface area contributed by atoms with Crippen molar-refractivity contribution in [2.24, 2.45) is 29.6 Å². The highest BCUT2D eigenvalue weighted by molar-refractivity contribution is 5.33. The zero-order valence-electron chi connectivity index (χ0n) is 17.9. The monoisotopic (exact) mass is 426 g/mol. The smallest absolute Gasteiger partial charge is 0.387 e. The van der Waals surface area contributed by atoms with E-state index in [1.807, 2.05) is 0 Å². The summed E-state index contributed by atoms with van der Waals surface area (Å²) in [6.07, 6.45) is 13.7. The van der Waals surface area contributed by atoms with E-state index in [0.29, 0.717) is 11.5 Å². The summed E-state index contributed by atoms with van der Waals surface area (Å²) in [6.45, 7) is -0.923. The molecule has 1 nitrogen and oxygen atoms in total. The summed E-state index contributed by atoms with van der Waals surface area (Å²) in [5.74, 6) is 1.13. The first-order chi connectivity index (χ1) is 14.4. The Balaban J connectivity index is 1.35. The lowest BCUT2D eigenvalue weighted by Gasteiger charge is -2.45. The minimum Gasteiger partial charge on any atom is -0.429 e. The Kier molecular flexibility index (Phi) is 6.94. The van der Waals surface area contributed by atoms with E-state index in [1.54, 1.807) is 0 Å². The SMILES string of the molecule is CCC1CCC(C2CCC3CC(c4cc(F)c(OC(F)F)c(F)c4)CCC3C2)CC1. The van der Waals surface area contributed by atoms with Crippen LogP contribution in [0.1, 0.15) is 89.0 Å². The fourth-order valence-electron chi connectivity index (χ4n) is 6.74. The predicted octanol–water partition coefficient (Wildman–Crippen LogP) is 8.08. The maximum absolute atomic E-state index is 14.2. The van der Waals surface area contributed by atoms with Gasteiger partial charge < -0.3 is 4.74 Å². The van der Waals surface area contributed by atoms with Crippen LogP contribution in [0.15, 0.2) is 12.1 Å². The Bertz CT molecular complexity index is 690. The number of benzene rings is 1. The third kappa shape index (κ3) is 4.80. The first kappa shape index (κ1) is 22.0. The van der Waals surface area contributed by atoms with Gasteiger partial charge in [-0.3, -0.25) is 0 Å². The van der Waals surface area contributed by atoms with E-state index in [1.165, 1.54) is 63.5 Å². The van der Waals surface area contributed by atoms with Crippen molar-refractivity contribution in [3.8, 4) is 5.75 Å². The number of rotatable bonds is 5. The van der Waals surface area contributed by atoms with Crippen LogP contribution in [-0.2, 0) is 0 Å². The third-order valence-electron chi connectivity index (χ3n) is 8.49. The van der Waals surface area contributed by atoms with E-state index in [2.05, 4.69) is 11.7 Å². The molecule has 0 saturated heterocycles. The lowest BCUT2D eigenvalue weighted by atomic mass is 9.60. The van der Waals surface area contributed by atoms with Crippen LogP contribution in [0.4, 0.5) is 17.6 Å². The molecule has 30 heavy (non-hydrogen) atoms. The van der Waals surface area contributed by atoms with Crippen molar-refractivity contribution < 1.29 is 22.3 Å². The predicted molar refractivity (Wildman–Crippen MR) is 110 cm³/mol. The average Bonchev–Trinajstić information content (AvgIpc) is 2.75. The van der Waals surface area contributed by atoms with Gasteiger partial charge >= 0.3 is 6.61 Å². The van der Waals surface area contributed by atoms with E-state index in [-0.39, 0.29) is 5.92 Å². The molecule has 3 aliphatic rings. The molecule has 0 radical (unpaired) electrons. The highest BCUT2D eigenvalue weighted by Gasteiger charge is 2.39. The van der Waals surface area contributed by atoms with Gasteiger partial charge in [0.2, 0.25) is 0 Å². The third-order valence-corrected chi connectivity index (χ3v) is 8.49. The van der Waals surface area contributed by atoms with Crippen molar-refractivity contribution in [2.45, 2.75) is 90.1 Å². The van der Waals surface area contributed by atoms with Crippen LogP contribution in [0, 0.1) is 41.2 Å². The number of fused-ring (bicyclic) bond motifs is 1. The van der Waals surface area contributed by atoms with Crippen LogP contribution in [0.5, 0.6) is 5.75 Å². The molecule has 3 saturated carbocycles. The summed E-state index contributed by atoms with van der Waals surface area (Å²) in [5, 5.41) is 0. The molecular formula is C25H34F4O. The lowest BCUT2D eigenvalue weighted by Crippen LogP contribution is -2.34. The summed E-state index contributed by atoms with van der Waals surface area (Å²) in [6, 6.07) is 2.40. The number of hydrogen-bond donors (Lipinski definition) is 0. The molecule has 1 aromatic rings. The van der Waals surface area contributed by atoms with Crippen LogP contribution in [0.2, 0.25) is 0 Å². The fourth-order valence-corrected chi connectivity index (χ4v) is 6.74. The van der Waals surface area contributed by atoms with Gasteiger partial charge in [-0.2, -0.15) is 8.78 Å². The topological polar surface area (TPSA) is 9.23 Å². The Hall–Kier alpha value is -1.26. The Morgan fingerprint density at radius 1 is 0.800 bits per heavy atom. The van der Waals surface area contributed by atoms with Crippen molar-refractivity contribution in [3.63, 3.8) is 0 Å². The summed E-state index contributed by atoms with van der Waals surface area (Å²) in [7, 11) is 0. The standard InChI is InChI=1S/C25H34F4O/c1-2-15-3-5-16(6-4-15)17-7-8-19-12-20(10-9-18(19)11-17)21-13-22(26)24(23(27)14-21)30-25(28)29/h13-20,25H,2-12H2,1H3. The highest BCUT2D eigenvalue weighted by Crippen LogP contribution is 2.51. The Morgan fingerprint density at radius 3 is 1.93 bits per heavy atom. The second-order valence-corrected chi connectivity index (χ2v) is 9.98. The molecule has 0 heterocycles. The molecule has 0 aromatic heterocycles. The van der Waals surface area contributed by atoms with Gasteiger partial charge in [0.15, 0.2) is 17.4 Å². The molecule has 4 unspecified atom stereocenters. The summed E-state index contributed by atoms with van der Waals surface area (Å²) >= 11 is 0. The van der Waals surface area contributed by atoms with E-state index in [4.69, 9.17) is 0 Å². The molecule has 0 aliphatic heterocycles. The molecule has 0 amide bonds. The van der Waals surface area contributed by atoms with Gasteiger partial charge in [-0.1, -0.05) is 26.2 Å². The fraction of sp³-hybridized carbons (Fsp3) is 0.760. The molecular weight excluding hydrogens is 392 g/mol. The van der Waals surface area contributed by atoms with Gasteiger partial charge in [-0.05, 0) is 105 Å². The van der Waals surface area contributed by atoms with Gasteiger partial charge in [-0.25, -0.2) is 8.78 Å². The van der Waals surface area contributed by atoms with Crippen molar-refractivity contribution >= 4 is 0 Å². The number of alkyl halides is 2. The average molecular weight is 427 g/mol. The van der Waals surface area contributed by atoms with Crippen molar-refractivity contribution in [2.75, 3.05) is 0 Å². The largest absolute Gasteiger partial charge is 0.429 e. The van der Waals surface area contributed by atoms with Gasteiger partial charge in [0.1, 0.15) is 0 Å². The van der Waals surface area contributed by atoms with Crippen molar-refractivity contribution in [3.05, 3.63) is 29.3 Å². The summed E-state index contributed by atoms with van der Waals surface area (Å²) < 4.78 is 57.1. The van der Waals surface area contributed by atoms with Crippen LogP contribution in [0.3, 0.4) is 0 Å². The minimum atomic E-state index is -3.23. The second-order valence-electron chi connectivity index (χ2n) is 9.98. The number of halogens is 4. The van der Waals surface area contributed by atoms with Crippen LogP contribution < -0.4 is 4.74 Å². The van der Waals surface area contributed by atoms with Gasteiger partial charge in [0, 0.05) is 0 Å². The van der Waals surface area contributed by atoms with Crippen LogP contribution in [0.25, 0.3) is 0 Å². The molecule has 0 N–H and O–H groups in total. The van der Waals surface area contributed by atoms with Crippen LogP contribution in [-0.4, -0.2) is 6.61 Å². The second kappa shape index (κ2) is 9.48. The molecule has 1 aromatic carbocycles. The van der Waals surface area contributed by atoms with E-state index >= 15 is 0 Å². The number of hydrogen-bond acceptors (Lipinski definition) is 1. The first-order valence-electron chi connectivity index (χ1n) is 11.9. The van der Waals surface area contributed by atoms with E-state index < -0.39 is 24.0 Å². The molecule has 0 bridgehead atoms. The summed E-state index contributed by atoms with van der Waals surface area (Å²) in [4.78, 5) is 0. The lowest BCUT2D eigenvalue weighted by molar-refractivity contribution is -0.0546. The zero-order chi connectivity index (χ0) is 21.3. The van der Waals surface area contributed by atoms with Crippen LogP contribution >= 0.6 is 0 Å². The van der Waals surface area contributed by atoms with E-state index in [0.717, 1.165) is 42.9 Å². The molecule has 168 valence electrons. The van der Waals surface area contributed by atoms with Crippen molar-refractivity contribution in [1.29, 1.82) is 0 Å². The summed E-state index contributed by atoms with van der Waals surface area (Å²) in [5.41, 5.74) is 0.588. The van der Waals surface area contributed by atoms with Crippen molar-refractivity contribution in [1.82, 2.24) is 0 Å². The Morgan fingerprint density at radius 2 is 1.33 bits per heavy atom. The Labute approximate surface area is 177 Å². The van der Waals surface area contributed by atoms with Gasteiger partial charge in [0.05, 0.1) is 0 Å². The maximum Gasteiger partial charge on any atom is 0.387 e. The first-order valence-corrected chi connectivity index (χ1v) is 11.9. The molecule has 0 spiro atoms. The minimum absolute atomic E-state index is 0.104. The highest BCUT2D eigenvalue weighted by atomic mass is 19.3. The molecule has 3 aliphatic carbocycles. The quantitative estimate of drug-likeness (QED) is 0.432. The van der Waals surface area contributed by atoms with E-state index in [9.17, 15) is 17.6 Å².